The first-order chi connectivity index (χ1) is 11.6. The number of thiophene rings is 1. The number of ether oxygens (including phenoxy) is 1. The summed E-state index contributed by atoms with van der Waals surface area (Å²) in [7, 11) is 0. The number of esters is 1. The molecule has 1 N–H and O–H groups in total. The first-order valence-corrected chi connectivity index (χ1v) is 9.99. The van der Waals surface area contributed by atoms with Crippen LogP contribution < -0.4 is 5.32 Å². The lowest BCUT2D eigenvalue weighted by Gasteiger charge is -2.18. The Morgan fingerprint density at radius 3 is 2.75 bits per heavy atom. The quantitative estimate of drug-likeness (QED) is 0.532. The van der Waals surface area contributed by atoms with Crippen molar-refractivity contribution in [2.75, 3.05) is 11.9 Å². The van der Waals surface area contributed by atoms with E-state index in [0.29, 0.717) is 29.5 Å². The highest BCUT2D eigenvalue weighted by molar-refractivity contribution is 7.17. The van der Waals surface area contributed by atoms with Crippen molar-refractivity contribution in [3.63, 3.8) is 0 Å². The highest BCUT2D eigenvalue weighted by Crippen LogP contribution is 2.40. The van der Waals surface area contributed by atoms with Crippen molar-refractivity contribution in [1.82, 2.24) is 0 Å². The Kier molecular flexibility index (Phi) is 7.28. The molecule has 1 aliphatic carbocycles. The molecule has 0 bridgehead atoms. The van der Waals surface area contributed by atoms with Crippen LogP contribution in [-0.2, 0) is 22.4 Å². The molecular weight excluding hydrogens is 322 g/mol. The Bertz CT molecular complexity index is 579. The summed E-state index contributed by atoms with van der Waals surface area (Å²) in [5.41, 5.74) is 1.70. The molecule has 0 saturated carbocycles. The Labute approximate surface area is 149 Å². The Morgan fingerprint density at radius 1 is 1.25 bits per heavy atom. The molecule has 0 aromatic carbocycles. The van der Waals surface area contributed by atoms with Crippen LogP contribution in [0.4, 0.5) is 5.00 Å². The zero-order chi connectivity index (χ0) is 17.5. The second-order valence-corrected chi connectivity index (χ2v) is 7.74. The molecule has 5 heteroatoms. The highest BCUT2D eigenvalue weighted by atomic mass is 32.1. The van der Waals surface area contributed by atoms with E-state index in [-0.39, 0.29) is 11.9 Å². The Balaban J connectivity index is 2.13. The monoisotopic (exact) mass is 351 g/mol. The number of nitrogens with one attached hydrogen (secondary N) is 1. The number of carbonyl (C=O) groups excluding carboxylic acids is 2. The summed E-state index contributed by atoms with van der Waals surface area (Å²) in [6.07, 6.45) is 7.77. The average molecular weight is 352 g/mol. The van der Waals surface area contributed by atoms with E-state index in [2.05, 4.69) is 19.2 Å². The molecule has 1 amide bonds. The molecule has 0 radical (unpaired) electrons. The van der Waals surface area contributed by atoms with Gasteiger partial charge in [-0.1, -0.05) is 33.1 Å². The fourth-order valence-corrected chi connectivity index (χ4v) is 4.57. The molecule has 1 unspecified atom stereocenters. The number of fused-ring (bicyclic) bond motifs is 1. The van der Waals surface area contributed by atoms with Crippen LogP contribution in [0.2, 0.25) is 0 Å². The van der Waals surface area contributed by atoms with Crippen molar-refractivity contribution < 1.29 is 14.3 Å². The summed E-state index contributed by atoms with van der Waals surface area (Å²) in [6, 6.07) is 0. The van der Waals surface area contributed by atoms with Gasteiger partial charge in [-0.25, -0.2) is 4.79 Å². The molecular formula is C19H29NO3S. The van der Waals surface area contributed by atoms with Gasteiger partial charge in [0.05, 0.1) is 12.2 Å². The van der Waals surface area contributed by atoms with Crippen molar-refractivity contribution in [2.24, 2.45) is 5.92 Å². The summed E-state index contributed by atoms with van der Waals surface area (Å²) in [5, 5.41) is 3.67. The molecule has 134 valence electrons. The van der Waals surface area contributed by atoms with Crippen LogP contribution in [-0.4, -0.2) is 18.5 Å². The SMILES string of the molecule is CCCCCCC(=O)Nc1sc2c(c1C(=O)OCC)CCC(C)C2. The van der Waals surface area contributed by atoms with Gasteiger partial charge in [-0.3, -0.25) is 4.79 Å². The molecule has 0 saturated heterocycles. The maximum Gasteiger partial charge on any atom is 0.341 e. The van der Waals surface area contributed by atoms with E-state index in [0.717, 1.165) is 50.5 Å². The number of carbonyl (C=O) groups is 2. The zero-order valence-electron chi connectivity index (χ0n) is 15.1. The topological polar surface area (TPSA) is 55.4 Å². The fraction of sp³-hybridized carbons (Fsp3) is 0.684. The van der Waals surface area contributed by atoms with Gasteiger partial charge in [0.2, 0.25) is 5.91 Å². The summed E-state index contributed by atoms with van der Waals surface area (Å²) in [6.45, 7) is 6.55. The third-order valence-electron chi connectivity index (χ3n) is 4.50. The largest absolute Gasteiger partial charge is 0.462 e. The van der Waals surface area contributed by atoms with Gasteiger partial charge >= 0.3 is 5.97 Å². The van der Waals surface area contributed by atoms with Crippen LogP contribution in [0.5, 0.6) is 0 Å². The second kappa shape index (κ2) is 9.21. The van der Waals surface area contributed by atoms with Gasteiger partial charge in [0.1, 0.15) is 5.00 Å². The lowest BCUT2D eigenvalue weighted by molar-refractivity contribution is -0.116. The average Bonchev–Trinajstić information content (AvgIpc) is 2.88. The maximum absolute atomic E-state index is 12.4. The summed E-state index contributed by atoms with van der Waals surface area (Å²) in [4.78, 5) is 25.9. The van der Waals surface area contributed by atoms with Crippen molar-refractivity contribution in [2.45, 2.75) is 72.1 Å². The number of amides is 1. The van der Waals surface area contributed by atoms with Crippen LogP contribution in [0, 0.1) is 5.92 Å². The van der Waals surface area contributed by atoms with Crippen LogP contribution >= 0.6 is 11.3 Å². The third-order valence-corrected chi connectivity index (χ3v) is 5.67. The van der Waals surface area contributed by atoms with Crippen molar-refractivity contribution in [1.29, 1.82) is 0 Å². The fourth-order valence-electron chi connectivity index (χ4n) is 3.16. The molecule has 2 rings (SSSR count). The van der Waals surface area contributed by atoms with Gasteiger partial charge in [0.25, 0.3) is 0 Å². The molecule has 1 aliphatic rings. The normalized spacial score (nSPS) is 16.5. The molecule has 0 fully saturated rings. The highest BCUT2D eigenvalue weighted by Gasteiger charge is 2.29. The van der Waals surface area contributed by atoms with Gasteiger partial charge in [-0.15, -0.1) is 11.3 Å². The van der Waals surface area contributed by atoms with Gasteiger partial charge in [-0.2, -0.15) is 0 Å². The van der Waals surface area contributed by atoms with Gasteiger partial charge in [0.15, 0.2) is 0 Å². The van der Waals surface area contributed by atoms with Crippen molar-refractivity contribution in [3.05, 3.63) is 16.0 Å². The molecule has 1 aromatic rings. The van der Waals surface area contributed by atoms with Crippen LogP contribution in [0.3, 0.4) is 0 Å². The predicted octanol–water partition coefficient (Wildman–Crippen LogP) is 4.96. The molecule has 1 aromatic heterocycles. The third kappa shape index (κ3) is 4.82. The predicted molar refractivity (Wildman–Crippen MR) is 98.9 cm³/mol. The number of hydrogen-bond acceptors (Lipinski definition) is 4. The summed E-state index contributed by atoms with van der Waals surface area (Å²) >= 11 is 1.56. The van der Waals surface area contributed by atoms with Gasteiger partial charge in [-0.05, 0) is 44.1 Å². The maximum atomic E-state index is 12.4. The number of anilines is 1. The van der Waals surface area contributed by atoms with E-state index in [4.69, 9.17) is 4.74 Å². The standard InChI is InChI=1S/C19H29NO3S/c1-4-6-7-8-9-16(21)20-18-17(19(22)23-5-2)14-11-10-13(3)12-15(14)24-18/h13H,4-12H2,1-3H3,(H,20,21). The van der Waals surface area contributed by atoms with Crippen molar-refractivity contribution in [3.8, 4) is 0 Å². The van der Waals surface area contributed by atoms with Crippen LogP contribution in [0.25, 0.3) is 0 Å². The lowest BCUT2D eigenvalue weighted by Crippen LogP contribution is -2.16. The number of hydrogen-bond donors (Lipinski definition) is 1. The minimum atomic E-state index is -0.300. The van der Waals surface area contributed by atoms with E-state index in [1.807, 2.05) is 6.92 Å². The molecule has 4 nitrogen and oxygen atoms in total. The van der Waals surface area contributed by atoms with Gasteiger partial charge < -0.3 is 10.1 Å². The van der Waals surface area contributed by atoms with E-state index in [1.54, 1.807) is 11.3 Å². The Hall–Kier alpha value is -1.36. The minimum absolute atomic E-state index is 0.00305. The van der Waals surface area contributed by atoms with Crippen molar-refractivity contribution >= 4 is 28.2 Å². The minimum Gasteiger partial charge on any atom is -0.462 e. The van der Waals surface area contributed by atoms with Crippen LogP contribution in [0.15, 0.2) is 0 Å². The van der Waals surface area contributed by atoms with E-state index in [9.17, 15) is 9.59 Å². The number of unbranched alkanes of at least 4 members (excludes halogenated alkanes) is 3. The summed E-state index contributed by atoms with van der Waals surface area (Å²) < 4.78 is 5.23. The van der Waals surface area contributed by atoms with Gasteiger partial charge in [0, 0.05) is 11.3 Å². The van der Waals surface area contributed by atoms with Crippen LogP contribution in [0.1, 0.15) is 80.1 Å². The smallest absolute Gasteiger partial charge is 0.341 e. The zero-order valence-corrected chi connectivity index (χ0v) is 15.9. The Morgan fingerprint density at radius 2 is 2.04 bits per heavy atom. The van der Waals surface area contributed by atoms with E-state index >= 15 is 0 Å². The molecule has 24 heavy (non-hydrogen) atoms. The molecule has 1 atom stereocenters. The van der Waals surface area contributed by atoms with E-state index < -0.39 is 0 Å². The van der Waals surface area contributed by atoms with E-state index in [1.165, 1.54) is 4.88 Å². The first-order valence-electron chi connectivity index (χ1n) is 9.18. The number of rotatable bonds is 8. The first kappa shape index (κ1) is 19.0. The molecule has 1 heterocycles. The summed E-state index contributed by atoms with van der Waals surface area (Å²) in [5.74, 6) is 0.331. The molecule has 0 aliphatic heterocycles. The second-order valence-electron chi connectivity index (χ2n) is 6.64. The lowest BCUT2D eigenvalue weighted by atomic mass is 9.88. The molecule has 0 spiro atoms.